The van der Waals surface area contributed by atoms with Gasteiger partial charge in [0, 0.05) is 22.7 Å². The van der Waals surface area contributed by atoms with Gasteiger partial charge in [-0.2, -0.15) is 35.1 Å². The summed E-state index contributed by atoms with van der Waals surface area (Å²) >= 11 is 5.70. The lowest BCUT2D eigenvalue weighted by molar-refractivity contribution is -0.348. The van der Waals surface area contributed by atoms with Crippen LogP contribution in [0.15, 0.2) is 48.7 Å². The standard InChI is InChI=1S/C20H10ClF9N2O2/c21-12-7-11(18(24,19(25,26)27)20(28,29)30)8-14(34-17(22)23)15(12)32-16(33)10-3-4-13-9(6-10)2-1-5-31-13/h1-8,17H,(H,32,33). The van der Waals surface area contributed by atoms with E-state index < -0.39 is 52.6 Å². The Hall–Kier alpha value is -3.22. The number of fused-ring (bicyclic) bond motifs is 1. The molecule has 0 spiro atoms. The minimum Gasteiger partial charge on any atom is -0.433 e. The zero-order chi connectivity index (χ0) is 25.5. The Balaban J connectivity index is 2.09. The topological polar surface area (TPSA) is 51.2 Å². The maximum absolute atomic E-state index is 14.4. The number of hydrogen-bond acceptors (Lipinski definition) is 3. The van der Waals surface area contributed by atoms with Crippen LogP contribution in [-0.4, -0.2) is 29.9 Å². The molecular formula is C20H10ClF9N2O2. The maximum atomic E-state index is 14.4. The van der Waals surface area contributed by atoms with Crippen LogP contribution in [0.2, 0.25) is 5.02 Å². The second-order valence-electron chi connectivity index (χ2n) is 6.73. The van der Waals surface area contributed by atoms with Crippen molar-refractivity contribution in [3.05, 3.63) is 64.8 Å². The average molecular weight is 517 g/mol. The fourth-order valence-electron chi connectivity index (χ4n) is 2.98. The van der Waals surface area contributed by atoms with Gasteiger partial charge in [-0.15, -0.1) is 0 Å². The van der Waals surface area contributed by atoms with Crippen LogP contribution in [-0.2, 0) is 5.67 Å². The Morgan fingerprint density at radius 1 is 0.971 bits per heavy atom. The lowest BCUT2D eigenvalue weighted by atomic mass is 9.93. The monoisotopic (exact) mass is 516 g/mol. The molecule has 0 aliphatic rings. The van der Waals surface area contributed by atoms with Gasteiger partial charge in [0.1, 0.15) is 5.69 Å². The number of ether oxygens (including phenoxy) is 1. The molecule has 3 aromatic rings. The van der Waals surface area contributed by atoms with E-state index in [1.807, 2.05) is 5.32 Å². The summed E-state index contributed by atoms with van der Waals surface area (Å²) in [6.07, 6.45) is -11.6. The van der Waals surface area contributed by atoms with E-state index in [2.05, 4.69) is 9.72 Å². The van der Waals surface area contributed by atoms with Crippen molar-refractivity contribution in [1.82, 2.24) is 4.98 Å². The van der Waals surface area contributed by atoms with Crippen LogP contribution in [0, 0.1) is 0 Å². The number of anilines is 1. The van der Waals surface area contributed by atoms with E-state index in [0.717, 1.165) is 0 Å². The maximum Gasteiger partial charge on any atom is 0.435 e. The lowest BCUT2D eigenvalue weighted by Crippen LogP contribution is -2.50. The number of alkyl halides is 9. The van der Waals surface area contributed by atoms with Crippen molar-refractivity contribution >= 4 is 34.1 Å². The van der Waals surface area contributed by atoms with Crippen molar-refractivity contribution in [1.29, 1.82) is 0 Å². The average Bonchev–Trinajstić information content (AvgIpc) is 2.72. The second-order valence-corrected chi connectivity index (χ2v) is 7.14. The third-order valence-corrected chi connectivity index (χ3v) is 4.85. The highest BCUT2D eigenvalue weighted by atomic mass is 35.5. The van der Waals surface area contributed by atoms with Crippen LogP contribution in [0.1, 0.15) is 15.9 Å². The Bertz CT molecular complexity index is 1210. The van der Waals surface area contributed by atoms with Crippen molar-refractivity contribution in [3.8, 4) is 5.75 Å². The van der Waals surface area contributed by atoms with E-state index in [1.165, 1.54) is 24.4 Å². The molecule has 0 unspecified atom stereocenters. The molecule has 3 rings (SSSR count). The molecule has 0 aliphatic carbocycles. The molecule has 1 amide bonds. The fraction of sp³-hybridized carbons (Fsp3) is 0.200. The van der Waals surface area contributed by atoms with Crippen LogP contribution in [0.5, 0.6) is 5.75 Å². The first kappa shape index (κ1) is 25.4. The molecule has 0 aliphatic heterocycles. The molecule has 0 radical (unpaired) electrons. The Morgan fingerprint density at radius 2 is 1.62 bits per heavy atom. The molecule has 1 heterocycles. The van der Waals surface area contributed by atoms with Gasteiger partial charge in [0.15, 0.2) is 5.75 Å². The van der Waals surface area contributed by atoms with E-state index in [-0.39, 0.29) is 17.7 Å². The lowest BCUT2D eigenvalue weighted by Gasteiger charge is -2.31. The summed E-state index contributed by atoms with van der Waals surface area (Å²) in [5, 5.41) is 1.36. The summed E-state index contributed by atoms with van der Waals surface area (Å²) in [6.45, 7) is -3.76. The molecule has 0 fully saturated rings. The number of benzene rings is 2. The van der Waals surface area contributed by atoms with Crippen molar-refractivity contribution in [2.24, 2.45) is 0 Å². The number of nitrogens with one attached hydrogen (secondary N) is 1. The van der Waals surface area contributed by atoms with Crippen LogP contribution in [0.4, 0.5) is 45.2 Å². The number of hydrogen-bond donors (Lipinski definition) is 1. The van der Waals surface area contributed by atoms with Gasteiger partial charge >= 0.3 is 24.6 Å². The van der Waals surface area contributed by atoms with Crippen LogP contribution >= 0.6 is 11.6 Å². The summed E-state index contributed by atoms with van der Waals surface area (Å²) in [6, 6.07) is 6.82. The van der Waals surface area contributed by atoms with E-state index >= 15 is 0 Å². The molecule has 2 aromatic carbocycles. The van der Waals surface area contributed by atoms with Crippen LogP contribution in [0.3, 0.4) is 0 Å². The molecule has 1 N–H and O–H groups in total. The van der Waals surface area contributed by atoms with E-state index in [4.69, 9.17) is 11.6 Å². The number of pyridine rings is 1. The Labute approximate surface area is 189 Å². The molecule has 4 nitrogen and oxygen atoms in total. The van der Waals surface area contributed by atoms with Crippen molar-refractivity contribution in [2.75, 3.05) is 5.32 Å². The zero-order valence-electron chi connectivity index (χ0n) is 16.2. The third-order valence-electron chi connectivity index (χ3n) is 4.55. The van der Waals surface area contributed by atoms with Gasteiger partial charge < -0.3 is 10.1 Å². The normalized spacial score (nSPS) is 12.8. The van der Waals surface area contributed by atoms with Crippen molar-refractivity contribution in [2.45, 2.75) is 24.6 Å². The molecule has 0 bridgehead atoms. The predicted molar refractivity (Wildman–Crippen MR) is 103 cm³/mol. The minimum absolute atomic E-state index is 0.0825. The summed E-state index contributed by atoms with van der Waals surface area (Å²) in [5.41, 5.74) is -8.62. The number of aromatic nitrogens is 1. The molecule has 1 aromatic heterocycles. The van der Waals surface area contributed by atoms with Gasteiger partial charge in [-0.05, 0) is 36.4 Å². The van der Waals surface area contributed by atoms with E-state index in [0.29, 0.717) is 10.9 Å². The molecular weight excluding hydrogens is 507 g/mol. The van der Waals surface area contributed by atoms with Gasteiger partial charge in [0.05, 0.1) is 10.5 Å². The first-order valence-electron chi connectivity index (χ1n) is 8.92. The van der Waals surface area contributed by atoms with Gasteiger partial charge in [-0.3, -0.25) is 9.78 Å². The summed E-state index contributed by atoms with van der Waals surface area (Å²) < 4.78 is 122. The van der Waals surface area contributed by atoms with Crippen LogP contribution < -0.4 is 10.1 Å². The quantitative estimate of drug-likeness (QED) is 0.370. The Kier molecular flexibility index (Phi) is 6.62. The van der Waals surface area contributed by atoms with Gasteiger partial charge in [-0.1, -0.05) is 17.7 Å². The number of halogens is 10. The third kappa shape index (κ3) is 4.69. The summed E-state index contributed by atoms with van der Waals surface area (Å²) in [7, 11) is 0. The number of carbonyl (C=O) groups excluding carboxylic acids is 1. The van der Waals surface area contributed by atoms with Gasteiger partial charge in [-0.25, -0.2) is 4.39 Å². The molecule has 0 atom stereocenters. The summed E-state index contributed by atoms with van der Waals surface area (Å²) in [5.74, 6) is -2.44. The highest BCUT2D eigenvalue weighted by molar-refractivity contribution is 6.34. The molecule has 182 valence electrons. The summed E-state index contributed by atoms with van der Waals surface area (Å²) in [4.78, 5) is 16.6. The minimum atomic E-state index is -6.53. The van der Waals surface area contributed by atoms with Crippen molar-refractivity contribution < 1.29 is 49.0 Å². The predicted octanol–water partition coefficient (Wildman–Crippen LogP) is 7.03. The largest absolute Gasteiger partial charge is 0.435 e. The first-order valence-corrected chi connectivity index (χ1v) is 9.30. The highest BCUT2D eigenvalue weighted by Crippen LogP contribution is 2.55. The number of rotatable bonds is 5. The zero-order valence-corrected chi connectivity index (χ0v) is 17.0. The molecule has 34 heavy (non-hydrogen) atoms. The number of carbonyl (C=O) groups is 1. The molecule has 0 saturated heterocycles. The van der Waals surface area contributed by atoms with Gasteiger partial charge in [0.2, 0.25) is 0 Å². The van der Waals surface area contributed by atoms with Crippen molar-refractivity contribution in [3.63, 3.8) is 0 Å². The van der Waals surface area contributed by atoms with E-state index in [9.17, 15) is 44.3 Å². The smallest absolute Gasteiger partial charge is 0.433 e. The second kappa shape index (κ2) is 8.85. The van der Waals surface area contributed by atoms with Gasteiger partial charge in [0.25, 0.3) is 5.91 Å². The number of nitrogens with zero attached hydrogens (tertiary/aromatic N) is 1. The fourth-order valence-corrected chi connectivity index (χ4v) is 3.24. The Morgan fingerprint density at radius 3 is 2.21 bits per heavy atom. The number of amides is 1. The highest BCUT2D eigenvalue weighted by Gasteiger charge is 2.73. The van der Waals surface area contributed by atoms with Crippen LogP contribution in [0.25, 0.3) is 10.9 Å². The first-order chi connectivity index (χ1) is 15.6. The molecule has 14 heteroatoms. The SMILES string of the molecule is O=C(Nc1c(Cl)cc(C(F)(C(F)(F)F)C(F)(F)F)cc1OC(F)F)c1ccc2ncccc2c1. The molecule has 0 saturated carbocycles. The van der Waals surface area contributed by atoms with E-state index in [1.54, 1.807) is 12.1 Å².